The predicted octanol–water partition coefficient (Wildman–Crippen LogP) is 2.05. The molecule has 0 aromatic heterocycles. The number of benzene rings is 2. The largest absolute Gasteiger partial charge is 0.356 e. The van der Waals surface area contributed by atoms with E-state index >= 15 is 0 Å². The second-order valence-corrected chi connectivity index (χ2v) is 7.49. The summed E-state index contributed by atoms with van der Waals surface area (Å²) in [6, 6.07) is 15.3. The molecule has 1 amide bonds. The number of Topliss-reactive ketones (excluding diaryl/α,β-unsaturated/α-hetero) is 1. The average molecular weight is 374 g/mol. The topological polar surface area (TPSA) is 106 Å². The van der Waals surface area contributed by atoms with Gasteiger partial charge in [0.15, 0.2) is 5.78 Å². The van der Waals surface area contributed by atoms with Crippen molar-refractivity contribution in [3.05, 3.63) is 65.7 Å². The van der Waals surface area contributed by atoms with Crippen LogP contribution in [0.15, 0.2) is 59.5 Å². The van der Waals surface area contributed by atoms with Crippen molar-refractivity contribution in [1.29, 1.82) is 0 Å². The minimum Gasteiger partial charge on any atom is -0.356 e. The number of sulfonamides is 1. The number of hydrogen-bond donors (Lipinski definition) is 2. The zero-order chi connectivity index (χ0) is 19.0. The van der Waals surface area contributed by atoms with Gasteiger partial charge in [-0.1, -0.05) is 42.5 Å². The molecule has 2 aromatic carbocycles. The average Bonchev–Trinajstić information content (AvgIpc) is 2.62. The number of carbonyl (C=O) groups is 2. The van der Waals surface area contributed by atoms with Crippen molar-refractivity contribution < 1.29 is 18.0 Å². The van der Waals surface area contributed by atoms with Crippen LogP contribution in [0.3, 0.4) is 0 Å². The lowest BCUT2D eigenvalue weighted by Crippen LogP contribution is -2.25. The second kappa shape index (κ2) is 9.26. The summed E-state index contributed by atoms with van der Waals surface area (Å²) in [5.41, 5.74) is 1.56. The predicted molar refractivity (Wildman–Crippen MR) is 99.2 cm³/mol. The number of amides is 1. The van der Waals surface area contributed by atoms with E-state index in [4.69, 9.17) is 5.14 Å². The third kappa shape index (κ3) is 6.42. The summed E-state index contributed by atoms with van der Waals surface area (Å²) in [6.45, 7) is 0.445. The molecular weight excluding hydrogens is 352 g/mol. The molecule has 3 N–H and O–H groups in total. The molecule has 0 fully saturated rings. The maximum Gasteiger partial charge on any atom is 0.238 e. The summed E-state index contributed by atoms with van der Waals surface area (Å²) in [5, 5.41) is 7.84. The fourth-order valence-corrected chi connectivity index (χ4v) is 2.97. The number of rotatable bonds is 9. The molecule has 0 spiro atoms. The van der Waals surface area contributed by atoms with Crippen molar-refractivity contribution in [2.45, 2.75) is 30.6 Å². The lowest BCUT2D eigenvalue weighted by atomic mass is 10.1. The number of ketones is 1. The maximum atomic E-state index is 11.9. The summed E-state index contributed by atoms with van der Waals surface area (Å²) in [4.78, 5) is 23.8. The normalized spacial score (nSPS) is 11.1. The Kier molecular flexibility index (Phi) is 7.06. The van der Waals surface area contributed by atoms with Crippen molar-refractivity contribution in [2.75, 3.05) is 6.54 Å². The Balaban J connectivity index is 1.67. The minimum absolute atomic E-state index is 0.0355. The van der Waals surface area contributed by atoms with Crippen LogP contribution in [0.2, 0.25) is 0 Å². The molecule has 26 heavy (non-hydrogen) atoms. The first-order chi connectivity index (χ1) is 12.4. The summed E-state index contributed by atoms with van der Waals surface area (Å²) in [7, 11) is -3.69. The van der Waals surface area contributed by atoms with Gasteiger partial charge in [0.05, 0.1) is 4.90 Å². The molecule has 0 unspecified atom stereocenters. The molecule has 0 radical (unpaired) electrons. The van der Waals surface area contributed by atoms with Gasteiger partial charge < -0.3 is 5.32 Å². The number of primary sulfonamides is 1. The van der Waals surface area contributed by atoms with Gasteiger partial charge in [0, 0.05) is 24.9 Å². The highest BCUT2D eigenvalue weighted by molar-refractivity contribution is 7.89. The van der Waals surface area contributed by atoms with E-state index in [-0.39, 0.29) is 16.6 Å². The van der Waals surface area contributed by atoms with Crippen molar-refractivity contribution in [2.24, 2.45) is 5.14 Å². The zero-order valence-electron chi connectivity index (χ0n) is 14.4. The molecular formula is C19H22N2O4S. The molecule has 138 valence electrons. The molecule has 0 atom stereocenters. The Bertz CT molecular complexity index is 847. The van der Waals surface area contributed by atoms with E-state index in [9.17, 15) is 18.0 Å². The SMILES string of the molecule is NS(=O)(=O)c1ccc(CCNC(=O)CCCC(=O)c2ccccc2)cc1. The quantitative estimate of drug-likeness (QED) is 0.655. The molecule has 6 nitrogen and oxygen atoms in total. The first-order valence-electron chi connectivity index (χ1n) is 8.33. The van der Waals surface area contributed by atoms with Crippen molar-refractivity contribution in [1.82, 2.24) is 5.32 Å². The van der Waals surface area contributed by atoms with Gasteiger partial charge in [-0.2, -0.15) is 0 Å². The fraction of sp³-hybridized carbons (Fsp3) is 0.263. The molecule has 0 heterocycles. The van der Waals surface area contributed by atoms with Crippen molar-refractivity contribution >= 4 is 21.7 Å². The van der Waals surface area contributed by atoms with E-state index < -0.39 is 10.0 Å². The summed E-state index contributed by atoms with van der Waals surface area (Å²) in [6.07, 6.45) is 1.72. The lowest BCUT2D eigenvalue weighted by Gasteiger charge is -2.06. The third-order valence-electron chi connectivity index (χ3n) is 3.89. The van der Waals surface area contributed by atoms with E-state index in [1.165, 1.54) is 12.1 Å². The van der Waals surface area contributed by atoms with Gasteiger partial charge in [0.2, 0.25) is 15.9 Å². The van der Waals surface area contributed by atoms with Crippen LogP contribution in [-0.4, -0.2) is 26.7 Å². The maximum absolute atomic E-state index is 11.9. The number of hydrogen-bond acceptors (Lipinski definition) is 4. The summed E-state index contributed by atoms with van der Waals surface area (Å²) < 4.78 is 22.4. The molecule has 2 aromatic rings. The Labute approximate surface area is 153 Å². The van der Waals surface area contributed by atoms with Gasteiger partial charge in [-0.05, 0) is 30.5 Å². The van der Waals surface area contributed by atoms with Crippen molar-refractivity contribution in [3.8, 4) is 0 Å². The van der Waals surface area contributed by atoms with Gasteiger partial charge in [-0.15, -0.1) is 0 Å². The highest BCUT2D eigenvalue weighted by Crippen LogP contribution is 2.09. The molecule has 0 aliphatic heterocycles. The summed E-state index contributed by atoms with van der Waals surface area (Å²) >= 11 is 0. The fourth-order valence-electron chi connectivity index (χ4n) is 2.46. The molecule has 0 saturated heterocycles. The van der Waals surface area contributed by atoms with Gasteiger partial charge in [0.25, 0.3) is 0 Å². The molecule has 0 bridgehead atoms. The smallest absolute Gasteiger partial charge is 0.238 e. The first kappa shape index (κ1) is 19.8. The Hall–Kier alpha value is -2.51. The lowest BCUT2D eigenvalue weighted by molar-refractivity contribution is -0.121. The second-order valence-electron chi connectivity index (χ2n) is 5.93. The van der Waals surface area contributed by atoms with Crippen LogP contribution in [0.5, 0.6) is 0 Å². The molecule has 0 aliphatic rings. The Morgan fingerprint density at radius 3 is 2.19 bits per heavy atom. The van der Waals surface area contributed by atoms with Crippen LogP contribution in [0.4, 0.5) is 0 Å². The van der Waals surface area contributed by atoms with Crippen LogP contribution in [-0.2, 0) is 21.2 Å². The standard InChI is InChI=1S/C19H22N2O4S/c20-26(24,25)17-11-9-15(10-12-17)13-14-21-19(23)8-4-7-18(22)16-5-2-1-3-6-16/h1-3,5-6,9-12H,4,7-8,13-14H2,(H,21,23)(H2,20,24,25). The Morgan fingerprint density at radius 2 is 1.58 bits per heavy atom. The van der Waals surface area contributed by atoms with E-state index in [0.717, 1.165) is 5.56 Å². The molecule has 2 rings (SSSR count). The zero-order valence-corrected chi connectivity index (χ0v) is 15.2. The van der Waals surface area contributed by atoms with Gasteiger partial charge in [-0.25, -0.2) is 13.6 Å². The van der Waals surface area contributed by atoms with E-state index in [1.54, 1.807) is 24.3 Å². The highest BCUT2D eigenvalue weighted by Gasteiger charge is 2.08. The van der Waals surface area contributed by atoms with Gasteiger partial charge in [-0.3, -0.25) is 9.59 Å². The molecule has 7 heteroatoms. The highest BCUT2D eigenvalue weighted by atomic mass is 32.2. The number of carbonyl (C=O) groups excluding carboxylic acids is 2. The number of nitrogens with one attached hydrogen (secondary N) is 1. The molecule has 0 aliphatic carbocycles. The first-order valence-corrected chi connectivity index (χ1v) is 9.87. The van der Waals surface area contributed by atoms with Crippen molar-refractivity contribution in [3.63, 3.8) is 0 Å². The molecule has 0 saturated carbocycles. The van der Waals surface area contributed by atoms with Crippen LogP contribution in [0.25, 0.3) is 0 Å². The number of nitrogens with two attached hydrogens (primary N) is 1. The van der Waals surface area contributed by atoms with E-state index in [2.05, 4.69) is 5.32 Å². The van der Waals surface area contributed by atoms with Crippen LogP contribution >= 0.6 is 0 Å². The van der Waals surface area contributed by atoms with E-state index in [1.807, 2.05) is 18.2 Å². The minimum atomic E-state index is -3.69. The van der Waals surface area contributed by atoms with Gasteiger partial charge in [0.1, 0.15) is 0 Å². The summed E-state index contributed by atoms with van der Waals surface area (Å²) in [5.74, 6) is -0.0691. The third-order valence-corrected chi connectivity index (χ3v) is 4.82. The van der Waals surface area contributed by atoms with E-state index in [0.29, 0.717) is 37.8 Å². The van der Waals surface area contributed by atoms with Gasteiger partial charge >= 0.3 is 0 Å². The van der Waals surface area contributed by atoms with Crippen LogP contribution in [0, 0.1) is 0 Å². The van der Waals surface area contributed by atoms with Crippen LogP contribution < -0.4 is 10.5 Å². The Morgan fingerprint density at radius 1 is 0.923 bits per heavy atom. The monoisotopic (exact) mass is 374 g/mol. The van der Waals surface area contributed by atoms with Crippen LogP contribution in [0.1, 0.15) is 35.2 Å².